The van der Waals surface area contributed by atoms with E-state index in [0.29, 0.717) is 6.54 Å². The maximum atomic E-state index is 12.7. The van der Waals surface area contributed by atoms with Crippen LogP contribution in [0.4, 0.5) is 5.69 Å². The second-order valence-electron chi connectivity index (χ2n) is 7.50. The van der Waals surface area contributed by atoms with Crippen molar-refractivity contribution in [3.05, 3.63) is 59.7 Å². The van der Waals surface area contributed by atoms with Crippen LogP contribution in [0.1, 0.15) is 36.2 Å². The number of rotatable bonds is 6. The van der Waals surface area contributed by atoms with Crippen LogP contribution in [0.5, 0.6) is 0 Å². The van der Waals surface area contributed by atoms with Crippen molar-refractivity contribution in [3.63, 3.8) is 0 Å². The molecule has 0 saturated carbocycles. The Morgan fingerprint density at radius 3 is 2.60 bits per heavy atom. The molecule has 0 aliphatic carbocycles. The van der Waals surface area contributed by atoms with Crippen LogP contribution >= 0.6 is 0 Å². The molecule has 1 aliphatic heterocycles. The fraction of sp³-hybridized carbons (Fsp3) is 0.364. The molecule has 0 unspecified atom stereocenters. The average molecular weight is 431 g/mol. The summed E-state index contributed by atoms with van der Waals surface area (Å²) >= 11 is 0. The second-order valence-corrected chi connectivity index (χ2v) is 9.49. The quantitative estimate of drug-likeness (QED) is 0.658. The lowest BCUT2D eigenvalue weighted by Crippen LogP contribution is -2.38. The molecule has 160 valence electrons. The smallest absolute Gasteiger partial charge is 0.338 e. The van der Waals surface area contributed by atoms with E-state index < -0.39 is 22.6 Å². The number of anilines is 1. The largest absolute Gasteiger partial charge is 0.452 e. The molecule has 0 fully saturated rings. The lowest BCUT2D eigenvalue weighted by molar-refractivity contribution is -0.121. The maximum Gasteiger partial charge on any atom is 0.338 e. The van der Waals surface area contributed by atoms with Crippen molar-refractivity contribution in [2.75, 3.05) is 25.1 Å². The number of aryl methyl sites for hydroxylation is 1. The Kier molecular flexibility index (Phi) is 6.58. The number of fused-ring (bicyclic) bond motifs is 1. The summed E-state index contributed by atoms with van der Waals surface area (Å²) in [6.07, 6.45) is 1.76. The molecule has 3 rings (SSSR count). The number of hydrogen-bond donors (Lipinski definition) is 0. The van der Waals surface area contributed by atoms with Crippen LogP contribution in [0.15, 0.2) is 53.4 Å². The Balaban J connectivity index is 1.70. The molecule has 0 saturated heterocycles. The minimum absolute atomic E-state index is 0.00411. The van der Waals surface area contributed by atoms with Crippen molar-refractivity contribution < 1.29 is 22.7 Å². The number of sulfonamides is 1. The summed E-state index contributed by atoms with van der Waals surface area (Å²) in [5.41, 5.74) is 2.02. The third kappa shape index (κ3) is 4.55. The normalized spacial score (nSPS) is 14.0. The van der Waals surface area contributed by atoms with Crippen LogP contribution in [0.3, 0.4) is 0 Å². The van der Waals surface area contributed by atoms with E-state index in [1.54, 1.807) is 18.7 Å². The van der Waals surface area contributed by atoms with E-state index in [2.05, 4.69) is 0 Å². The fourth-order valence-corrected chi connectivity index (χ4v) is 4.72. The van der Waals surface area contributed by atoms with Crippen LogP contribution in [0, 0.1) is 0 Å². The molecule has 0 spiro atoms. The molecule has 1 aliphatic rings. The van der Waals surface area contributed by atoms with Crippen LogP contribution in [-0.4, -0.2) is 50.8 Å². The molecule has 0 aromatic heterocycles. The molecule has 30 heavy (non-hydrogen) atoms. The topological polar surface area (TPSA) is 84.0 Å². The van der Waals surface area contributed by atoms with E-state index in [1.165, 1.54) is 35.6 Å². The van der Waals surface area contributed by atoms with Crippen molar-refractivity contribution in [3.8, 4) is 0 Å². The molecule has 0 N–H and O–H groups in total. The van der Waals surface area contributed by atoms with Gasteiger partial charge in [-0.05, 0) is 56.5 Å². The van der Waals surface area contributed by atoms with Crippen molar-refractivity contribution in [2.45, 2.75) is 37.6 Å². The standard InChI is InChI=1S/C22H26N2O5S/c1-16(2)23(3)30(27,28)19-11-6-9-18(14-19)22(26)29-15-21(25)24-13-7-10-17-8-4-5-12-20(17)24/h4-6,8-9,11-12,14,16H,7,10,13,15H2,1-3H3. The third-order valence-electron chi connectivity index (χ3n) is 5.21. The predicted molar refractivity (Wildman–Crippen MR) is 114 cm³/mol. The number of benzene rings is 2. The van der Waals surface area contributed by atoms with Crippen LogP contribution in [0.2, 0.25) is 0 Å². The van der Waals surface area contributed by atoms with Gasteiger partial charge >= 0.3 is 5.97 Å². The van der Waals surface area contributed by atoms with Gasteiger partial charge in [0, 0.05) is 25.3 Å². The number of para-hydroxylation sites is 1. The number of hydrogen-bond acceptors (Lipinski definition) is 5. The molecule has 1 amide bonds. The van der Waals surface area contributed by atoms with Gasteiger partial charge in [0.25, 0.3) is 5.91 Å². The second kappa shape index (κ2) is 8.97. The number of amides is 1. The average Bonchev–Trinajstić information content (AvgIpc) is 2.76. The first-order valence-electron chi connectivity index (χ1n) is 9.85. The Bertz CT molecular complexity index is 1050. The SMILES string of the molecule is CC(C)N(C)S(=O)(=O)c1cccc(C(=O)OCC(=O)N2CCCc3ccccc32)c1. The summed E-state index contributed by atoms with van der Waals surface area (Å²) in [5, 5.41) is 0. The lowest BCUT2D eigenvalue weighted by atomic mass is 10.0. The van der Waals surface area contributed by atoms with Crippen LogP contribution in [0.25, 0.3) is 0 Å². The molecule has 2 aromatic carbocycles. The zero-order chi connectivity index (χ0) is 21.9. The predicted octanol–water partition coefficient (Wildman–Crippen LogP) is 2.85. The van der Waals surface area contributed by atoms with Gasteiger partial charge in [-0.1, -0.05) is 24.3 Å². The number of esters is 1. The highest BCUT2D eigenvalue weighted by molar-refractivity contribution is 7.89. The van der Waals surface area contributed by atoms with Crippen molar-refractivity contribution in [2.24, 2.45) is 0 Å². The van der Waals surface area contributed by atoms with E-state index in [4.69, 9.17) is 4.74 Å². The van der Waals surface area contributed by atoms with Gasteiger partial charge in [-0.25, -0.2) is 13.2 Å². The Labute approximate surface area is 177 Å². The minimum atomic E-state index is -3.73. The lowest BCUT2D eigenvalue weighted by Gasteiger charge is -2.29. The molecule has 0 bridgehead atoms. The van der Waals surface area contributed by atoms with E-state index in [-0.39, 0.29) is 22.4 Å². The van der Waals surface area contributed by atoms with Gasteiger partial charge < -0.3 is 9.64 Å². The van der Waals surface area contributed by atoms with E-state index in [9.17, 15) is 18.0 Å². The number of nitrogens with zero attached hydrogens (tertiary/aromatic N) is 2. The summed E-state index contributed by atoms with van der Waals surface area (Å²) in [5.74, 6) is -1.04. The van der Waals surface area contributed by atoms with Gasteiger partial charge in [0.2, 0.25) is 10.0 Å². The van der Waals surface area contributed by atoms with Crippen molar-refractivity contribution in [1.29, 1.82) is 0 Å². The molecule has 7 nitrogen and oxygen atoms in total. The Hall–Kier alpha value is -2.71. The summed E-state index contributed by atoms with van der Waals surface area (Å²) in [7, 11) is -2.24. The first-order valence-corrected chi connectivity index (χ1v) is 11.3. The zero-order valence-electron chi connectivity index (χ0n) is 17.4. The van der Waals surface area contributed by atoms with Gasteiger partial charge in [-0.2, -0.15) is 4.31 Å². The van der Waals surface area contributed by atoms with Crippen LogP contribution in [-0.2, 0) is 26.0 Å². The molecular formula is C22H26N2O5S. The van der Waals surface area contributed by atoms with Crippen LogP contribution < -0.4 is 4.90 Å². The van der Waals surface area contributed by atoms with E-state index in [1.807, 2.05) is 24.3 Å². The zero-order valence-corrected chi connectivity index (χ0v) is 18.2. The molecule has 0 radical (unpaired) electrons. The maximum absolute atomic E-state index is 12.7. The first kappa shape index (κ1) is 22.0. The first-order chi connectivity index (χ1) is 14.2. The van der Waals surface area contributed by atoms with Gasteiger partial charge in [-0.3, -0.25) is 4.79 Å². The highest BCUT2D eigenvalue weighted by Gasteiger charge is 2.25. The molecule has 1 heterocycles. The van der Waals surface area contributed by atoms with E-state index in [0.717, 1.165) is 24.1 Å². The number of ether oxygens (including phenoxy) is 1. The number of carbonyl (C=O) groups excluding carboxylic acids is 2. The van der Waals surface area contributed by atoms with Crippen molar-refractivity contribution >= 4 is 27.6 Å². The van der Waals surface area contributed by atoms with Crippen molar-refractivity contribution in [1.82, 2.24) is 4.31 Å². The van der Waals surface area contributed by atoms with E-state index >= 15 is 0 Å². The third-order valence-corrected chi connectivity index (χ3v) is 7.24. The summed E-state index contributed by atoms with van der Waals surface area (Å²) in [4.78, 5) is 26.7. The number of carbonyl (C=O) groups is 2. The Morgan fingerprint density at radius 1 is 1.13 bits per heavy atom. The van der Waals surface area contributed by atoms with Gasteiger partial charge in [-0.15, -0.1) is 0 Å². The van der Waals surface area contributed by atoms with Gasteiger partial charge in [0.15, 0.2) is 6.61 Å². The summed E-state index contributed by atoms with van der Waals surface area (Å²) in [6.45, 7) is 3.69. The van der Waals surface area contributed by atoms with Gasteiger partial charge in [0.1, 0.15) is 0 Å². The highest BCUT2D eigenvalue weighted by Crippen LogP contribution is 2.26. The fourth-order valence-electron chi connectivity index (χ4n) is 3.31. The minimum Gasteiger partial charge on any atom is -0.452 e. The summed E-state index contributed by atoms with van der Waals surface area (Å²) in [6, 6.07) is 13.1. The molecule has 2 aromatic rings. The monoisotopic (exact) mass is 430 g/mol. The highest BCUT2D eigenvalue weighted by atomic mass is 32.2. The van der Waals surface area contributed by atoms with Gasteiger partial charge in [0.05, 0.1) is 10.5 Å². The Morgan fingerprint density at radius 2 is 1.87 bits per heavy atom. The molecule has 0 atom stereocenters. The molecule has 8 heteroatoms. The summed E-state index contributed by atoms with van der Waals surface area (Å²) < 4.78 is 31.7. The molecular weight excluding hydrogens is 404 g/mol.